The SMILES string of the molecule is N#Cc1nc(NCC2CNCCCO2)ccc1Cl. The first-order chi connectivity index (χ1) is 8.79. The van der Waals surface area contributed by atoms with E-state index < -0.39 is 0 Å². The van der Waals surface area contributed by atoms with E-state index in [0.717, 1.165) is 26.1 Å². The summed E-state index contributed by atoms with van der Waals surface area (Å²) >= 11 is 5.82. The number of halogens is 1. The molecule has 1 aliphatic heterocycles. The highest BCUT2D eigenvalue weighted by molar-refractivity contribution is 6.31. The minimum Gasteiger partial charge on any atom is -0.375 e. The van der Waals surface area contributed by atoms with E-state index in [9.17, 15) is 0 Å². The lowest BCUT2D eigenvalue weighted by Crippen LogP contribution is -2.32. The Morgan fingerprint density at radius 2 is 2.50 bits per heavy atom. The van der Waals surface area contributed by atoms with Gasteiger partial charge in [-0.2, -0.15) is 5.26 Å². The fourth-order valence-electron chi connectivity index (χ4n) is 1.74. The van der Waals surface area contributed by atoms with Gasteiger partial charge in [-0.15, -0.1) is 0 Å². The van der Waals surface area contributed by atoms with Crippen molar-refractivity contribution in [2.45, 2.75) is 12.5 Å². The van der Waals surface area contributed by atoms with Crippen LogP contribution in [0.1, 0.15) is 12.1 Å². The molecule has 2 rings (SSSR count). The van der Waals surface area contributed by atoms with E-state index in [2.05, 4.69) is 15.6 Å². The van der Waals surface area contributed by atoms with Crippen LogP contribution >= 0.6 is 11.6 Å². The average molecular weight is 267 g/mol. The Labute approximate surface area is 111 Å². The summed E-state index contributed by atoms with van der Waals surface area (Å²) in [6.07, 6.45) is 1.16. The van der Waals surface area contributed by atoms with Crippen LogP contribution in [0.5, 0.6) is 0 Å². The molecule has 96 valence electrons. The van der Waals surface area contributed by atoms with Gasteiger partial charge in [-0.3, -0.25) is 0 Å². The lowest BCUT2D eigenvalue weighted by atomic mass is 10.3. The third-order valence-corrected chi connectivity index (χ3v) is 2.99. The first kappa shape index (κ1) is 13.1. The van der Waals surface area contributed by atoms with Crippen LogP contribution in [0, 0.1) is 11.3 Å². The molecule has 1 fully saturated rings. The number of nitrogens with one attached hydrogen (secondary N) is 2. The van der Waals surface area contributed by atoms with Crippen molar-refractivity contribution in [3.63, 3.8) is 0 Å². The number of rotatable bonds is 3. The maximum atomic E-state index is 8.84. The second-order valence-corrected chi connectivity index (χ2v) is 4.48. The van der Waals surface area contributed by atoms with Gasteiger partial charge in [0.15, 0.2) is 5.69 Å². The van der Waals surface area contributed by atoms with Gasteiger partial charge in [-0.1, -0.05) is 11.6 Å². The zero-order valence-electron chi connectivity index (χ0n) is 9.95. The summed E-state index contributed by atoms with van der Waals surface area (Å²) in [4.78, 5) is 4.12. The van der Waals surface area contributed by atoms with Crippen molar-refractivity contribution in [1.82, 2.24) is 10.3 Å². The van der Waals surface area contributed by atoms with Gasteiger partial charge in [0.05, 0.1) is 11.1 Å². The zero-order valence-corrected chi connectivity index (χ0v) is 10.7. The Kier molecular flexibility index (Phi) is 4.76. The summed E-state index contributed by atoms with van der Waals surface area (Å²) in [5.74, 6) is 0.642. The monoisotopic (exact) mass is 266 g/mol. The first-order valence-corrected chi connectivity index (χ1v) is 6.30. The fraction of sp³-hybridized carbons (Fsp3) is 0.500. The van der Waals surface area contributed by atoms with Crippen molar-refractivity contribution in [2.24, 2.45) is 0 Å². The van der Waals surface area contributed by atoms with E-state index >= 15 is 0 Å². The number of pyridine rings is 1. The number of aromatic nitrogens is 1. The lowest BCUT2D eigenvalue weighted by Gasteiger charge is -2.16. The molecule has 0 spiro atoms. The molecule has 0 bridgehead atoms. The summed E-state index contributed by atoms with van der Waals surface area (Å²) in [5.41, 5.74) is 0.238. The van der Waals surface area contributed by atoms with Crippen molar-refractivity contribution in [2.75, 3.05) is 31.6 Å². The van der Waals surface area contributed by atoms with Crippen LogP contribution in [0.4, 0.5) is 5.82 Å². The van der Waals surface area contributed by atoms with Crippen LogP contribution in [0.2, 0.25) is 5.02 Å². The van der Waals surface area contributed by atoms with Crippen LogP contribution in [0.25, 0.3) is 0 Å². The van der Waals surface area contributed by atoms with Crippen molar-refractivity contribution < 1.29 is 4.74 Å². The second kappa shape index (κ2) is 6.55. The maximum Gasteiger partial charge on any atom is 0.161 e. The highest BCUT2D eigenvalue weighted by Gasteiger charge is 2.12. The molecule has 1 aromatic rings. The average Bonchev–Trinajstić information content (AvgIpc) is 2.66. The van der Waals surface area contributed by atoms with Crippen LogP contribution in [0.15, 0.2) is 12.1 Å². The normalized spacial score (nSPS) is 19.9. The lowest BCUT2D eigenvalue weighted by molar-refractivity contribution is 0.0761. The van der Waals surface area contributed by atoms with Crippen molar-refractivity contribution in [3.05, 3.63) is 22.8 Å². The van der Waals surface area contributed by atoms with Gasteiger partial charge in [0, 0.05) is 19.7 Å². The molecule has 5 nitrogen and oxygen atoms in total. The van der Waals surface area contributed by atoms with Crippen LogP contribution in [0.3, 0.4) is 0 Å². The largest absolute Gasteiger partial charge is 0.375 e. The molecule has 0 aliphatic carbocycles. The van der Waals surface area contributed by atoms with Crippen LogP contribution < -0.4 is 10.6 Å². The summed E-state index contributed by atoms with van der Waals surface area (Å²) in [6.45, 7) is 3.25. The van der Waals surface area contributed by atoms with Crippen molar-refractivity contribution >= 4 is 17.4 Å². The zero-order chi connectivity index (χ0) is 12.8. The van der Waals surface area contributed by atoms with E-state index in [1.54, 1.807) is 12.1 Å². The summed E-state index contributed by atoms with van der Waals surface area (Å²) in [5, 5.41) is 15.7. The van der Waals surface area contributed by atoms with Crippen molar-refractivity contribution in [3.8, 4) is 6.07 Å². The summed E-state index contributed by atoms with van der Waals surface area (Å²) in [6, 6.07) is 5.38. The number of hydrogen-bond donors (Lipinski definition) is 2. The predicted molar refractivity (Wildman–Crippen MR) is 69.7 cm³/mol. The van der Waals surface area contributed by atoms with E-state index in [4.69, 9.17) is 21.6 Å². The molecule has 0 radical (unpaired) electrons. The quantitative estimate of drug-likeness (QED) is 0.865. The third kappa shape index (κ3) is 3.57. The topological polar surface area (TPSA) is 70.0 Å². The van der Waals surface area contributed by atoms with Gasteiger partial charge in [-0.25, -0.2) is 4.98 Å². The van der Waals surface area contributed by atoms with Crippen LogP contribution in [-0.4, -0.2) is 37.3 Å². The molecular formula is C12H15ClN4O. The van der Waals surface area contributed by atoms with Gasteiger partial charge in [-0.05, 0) is 25.1 Å². The van der Waals surface area contributed by atoms with Gasteiger partial charge >= 0.3 is 0 Å². The number of anilines is 1. The first-order valence-electron chi connectivity index (χ1n) is 5.92. The standard InChI is InChI=1S/C12H15ClN4O/c13-10-2-3-12(17-11(10)6-14)16-8-9-7-15-4-1-5-18-9/h2-3,9,15H,1,4-5,7-8H2,(H,16,17). The minimum atomic E-state index is 0.121. The Hall–Kier alpha value is -1.35. The van der Waals surface area contributed by atoms with E-state index in [0.29, 0.717) is 17.4 Å². The van der Waals surface area contributed by atoms with Gasteiger partial charge in [0.25, 0.3) is 0 Å². The number of ether oxygens (including phenoxy) is 1. The van der Waals surface area contributed by atoms with E-state index in [-0.39, 0.29) is 11.8 Å². The number of nitrogens with zero attached hydrogens (tertiary/aromatic N) is 2. The van der Waals surface area contributed by atoms with Gasteiger partial charge in [0.1, 0.15) is 11.9 Å². The molecule has 18 heavy (non-hydrogen) atoms. The molecule has 2 N–H and O–H groups in total. The smallest absolute Gasteiger partial charge is 0.161 e. The van der Waals surface area contributed by atoms with Crippen LogP contribution in [-0.2, 0) is 4.74 Å². The third-order valence-electron chi connectivity index (χ3n) is 2.69. The summed E-state index contributed by atoms with van der Waals surface area (Å²) < 4.78 is 5.66. The molecule has 0 aromatic carbocycles. The molecule has 1 saturated heterocycles. The Balaban J connectivity index is 1.91. The summed E-state index contributed by atoms with van der Waals surface area (Å²) in [7, 11) is 0. The molecule has 0 saturated carbocycles. The molecular weight excluding hydrogens is 252 g/mol. The maximum absolute atomic E-state index is 8.84. The molecule has 1 aromatic heterocycles. The highest BCUT2D eigenvalue weighted by Crippen LogP contribution is 2.15. The molecule has 2 heterocycles. The van der Waals surface area contributed by atoms with Gasteiger partial charge < -0.3 is 15.4 Å². The predicted octanol–water partition coefficient (Wildman–Crippen LogP) is 1.40. The van der Waals surface area contributed by atoms with E-state index in [1.165, 1.54) is 0 Å². The Bertz CT molecular complexity index is 438. The Morgan fingerprint density at radius 3 is 3.33 bits per heavy atom. The fourth-order valence-corrected chi connectivity index (χ4v) is 1.89. The molecule has 6 heteroatoms. The molecule has 1 aliphatic rings. The number of nitriles is 1. The number of hydrogen-bond acceptors (Lipinski definition) is 5. The van der Waals surface area contributed by atoms with E-state index in [1.807, 2.05) is 6.07 Å². The Morgan fingerprint density at radius 1 is 1.61 bits per heavy atom. The second-order valence-electron chi connectivity index (χ2n) is 4.07. The molecule has 0 amide bonds. The minimum absolute atomic E-state index is 0.121. The highest BCUT2D eigenvalue weighted by atomic mass is 35.5. The van der Waals surface area contributed by atoms with Gasteiger partial charge in [0.2, 0.25) is 0 Å². The molecule has 1 unspecified atom stereocenters. The van der Waals surface area contributed by atoms with Crippen molar-refractivity contribution in [1.29, 1.82) is 5.26 Å². The molecule has 1 atom stereocenters.